The number of nitrogens with zero attached hydrogens (tertiary/aromatic N) is 1. The van der Waals surface area contributed by atoms with Gasteiger partial charge in [0, 0.05) is 18.2 Å². The standard InChI is InChI=1S/C27H43N3O5/c1-8-9-10-16-28-24(32)22(20-13-11-12-18(4)23(20)31)30(19-14-15-19)25(33)21(17(2)3)29-26(34)35-27(5,6)7/h11-13,17,19,21-22,31H,8-10,14-16H2,1-7H3,(H,28,32)(H,29,34). The number of ether oxygens (including phenoxy) is 1. The van der Waals surface area contributed by atoms with Gasteiger partial charge in [-0.15, -0.1) is 0 Å². The van der Waals surface area contributed by atoms with Crippen molar-refractivity contribution in [1.29, 1.82) is 0 Å². The summed E-state index contributed by atoms with van der Waals surface area (Å²) in [6.07, 6.45) is 3.68. The van der Waals surface area contributed by atoms with Gasteiger partial charge in [-0.05, 0) is 58.4 Å². The van der Waals surface area contributed by atoms with Crippen LogP contribution < -0.4 is 10.6 Å². The molecule has 1 aliphatic carbocycles. The minimum absolute atomic E-state index is 0.000793. The van der Waals surface area contributed by atoms with Crippen molar-refractivity contribution in [3.8, 4) is 5.75 Å². The number of nitrogens with one attached hydrogen (secondary N) is 2. The van der Waals surface area contributed by atoms with Crippen LogP contribution in [-0.2, 0) is 14.3 Å². The van der Waals surface area contributed by atoms with Gasteiger partial charge in [-0.1, -0.05) is 51.8 Å². The van der Waals surface area contributed by atoms with Crippen LogP contribution in [0.5, 0.6) is 5.75 Å². The lowest BCUT2D eigenvalue weighted by Crippen LogP contribution is -2.55. The quantitative estimate of drug-likeness (QED) is 0.394. The van der Waals surface area contributed by atoms with E-state index >= 15 is 0 Å². The van der Waals surface area contributed by atoms with Crippen LogP contribution in [-0.4, -0.2) is 52.1 Å². The third kappa shape index (κ3) is 8.15. The van der Waals surface area contributed by atoms with Crippen molar-refractivity contribution in [3.63, 3.8) is 0 Å². The zero-order valence-electron chi connectivity index (χ0n) is 22.3. The van der Waals surface area contributed by atoms with Gasteiger partial charge in [0.05, 0.1) is 0 Å². The van der Waals surface area contributed by atoms with Gasteiger partial charge in [0.25, 0.3) is 0 Å². The summed E-state index contributed by atoms with van der Waals surface area (Å²) in [5, 5.41) is 16.6. The van der Waals surface area contributed by atoms with Gasteiger partial charge in [0.15, 0.2) is 0 Å². The minimum Gasteiger partial charge on any atom is -0.507 e. The first-order chi connectivity index (χ1) is 16.4. The Hall–Kier alpha value is -2.77. The van der Waals surface area contributed by atoms with Crippen molar-refractivity contribution in [2.24, 2.45) is 5.92 Å². The third-order valence-corrected chi connectivity index (χ3v) is 5.97. The van der Waals surface area contributed by atoms with Crippen molar-refractivity contribution in [2.45, 2.75) is 104 Å². The summed E-state index contributed by atoms with van der Waals surface area (Å²) in [5.41, 5.74) is 0.304. The minimum atomic E-state index is -1.00. The molecule has 2 rings (SSSR count). The number of carbonyl (C=O) groups is 3. The Morgan fingerprint density at radius 2 is 1.83 bits per heavy atom. The highest BCUT2D eigenvalue weighted by molar-refractivity contribution is 5.93. The largest absolute Gasteiger partial charge is 0.507 e. The van der Waals surface area contributed by atoms with Gasteiger partial charge in [0.1, 0.15) is 23.4 Å². The number of hydrogen-bond donors (Lipinski definition) is 3. The Labute approximate surface area is 209 Å². The number of alkyl carbamates (subject to hydrolysis) is 1. The highest BCUT2D eigenvalue weighted by Gasteiger charge is 2.45. The molecule has 0 bridgehead atoms. The van der Waals surface area contributed by atoms with Crippen molar-refractivity contribution < 1.29 is 24.2 Å². The van der Waals surface area contributed by atoms with E-state index in [1.54, 1.807) is 50.8 Å². The molecule has 196 valence electrons. The molecule has 0 heterocycles. The Kier molecular flexibility index (Phi) is 9.98. The van der Waals surface area contributed by atoms with Crippen molar-refractivity contribution >= 4 is 17.9 Å². The van der Waals surface area contributed by atoms with E-state index in [4.69, 9.17) is 4.74 Å². The zero-order chi connectivity index (χ0) is 26.3. The molecule has 0 saturated heterocycles. The van der Waals surface area contributed by atoms with Crippen LogP contribution >= 0.6 is 0 Å². The molecule has 1 aromatic carbocycles. The normalized spacial score (nSPS) is 15.3. The Morgan fingerprint density at radius 1 is 1.17 bits per heavy atom. The molecule has 0 spiro atoms. The van der Waals surface area contributed by atoms with E-state index in [1.807, 2.05) is 13.8 Å². The van der Waals surface area contributed by atoms with E-state index in [2.05, 4.69) is 17.6 Å². The van der Waals surface area contributed by atoms with Crippen molar-refractivity contribution in [2.75, 3.05) is 6.54 Å². The number of hydrogen-bond acceptors (Lipinski definition) is 5. The van der Waals surface area contributed by atoms with Gasteiger partial charge < -0.3 is 25.4 Å². The summed E-state index contributed by atoms with van der Waals surface area (Å²) in [7, 11) is 0. The van der Waals surface area contributed by atoms with E-state index in [0.29, 0.717) is 17.7 Å². The van der Waals surface area contributed by atoms with Crippen LogP contribution in [0.1, 0.15) is 90.8 Å². The molecular weight excluding hydrogens is 446 g/mol. The number of carbonyl (C=O) groups excluding carboxylic acids is 3. The van der Waals surface area contributed by atoms with E-state index in [-0.39, 0.29) is 29.5 Å². The summed E-state index contributed by atoms with van der Waals surface area (Å²) in [4.78, 5) is 41.6. The number of para-hydroxylation sites is 1. The number of phenolic OH excluding ortho intramolecular Hbond substituents is 1. The Balaban J connectivity index is 2.43. The molecule has 3 amide bonds. The molecule has 1 fully saturated rings. The fourth-order valence-electron chi connectivity index (χ4n) is 3.98. The number of aryl methyl sites for hydroxylation is 1. The third-order valence-electron chi connectivity index (χ3n) is 5.97. The fraction of sp³-hybridized carbons (Fsp3) is 0.667. The first kappa shape index (κ1) is 28.5. The van der Waals surface area contributed by atoms with Crippen LogP contribution in [0.15, 0.2) is 18.2 Å². The summed E-state index contributed by atoms with van der Waals surface area (Å²) in [5.74, 6) is -0.929. The smallest absolute Gasteiger partial charge is 0.408 e. The van der Waals surface area contributed by atoms with Gasteiger partial charge in [-0.3, -0.25) is 9.59 Å². The van der Waals surface area contributed by atoms with E-state index in [1.165, 1.54) is 0 Å². The predicted molar refractivity (Wildman–Crippen MR) is 136 cm³/mol. The number of benzene rings is 1. The first-order valence-corrected chi connectivity index (χ1v) is 12.7. The number of rotatable bonds is 11. The lowest BCUT2D eigenvalue weighted by Gasteiger charge is -2.36. The second kappa shape index (κ2) is 12.3. The van der Waals surface area contributed by atoms with Crippen molar-refractivity contribution in [3.05, 3.63) is 29.3 Å². The van der Waals surface area contributed by atoms with Gasteiger partial charge in [-0.2, -0.15) is 0 Å². The topological polar surface area (TPSA) is 108 Å². The first-order valence-electron chi connectivity index (χ1n) is 12.7. The van der Waals surface area contributed by atoms with Crippen molar-refractivity contribution in [1.82, 2.24) is 15.5 Å². The number of unbranched alkanes of at least 4 members (excludes halogenated alkanes) is 2. The Morgan fingerprint density at radius 3 is 2.37 bits per heavy atom. The van der Waals surface area contributed by atoms with Crippen LogP contribution in [0.25, 0.3) is 0 Å². The molecule has 1 saturated carbocycles. The van der Waals surface area contributed by atoms with E-state index in [9.17, 15) is 19.5 Å². The number of phenols is 1. The van der Waals surface area contributed by atoms with Crippen LogP contribution in [0.4, 0.5) is 4.79 Å². The molecule has 8 nitrogen and oxygen atoms in total. The van der Waals surface area contributed by atoms with Crippen LogP contribution in [0.3, 0.4) is 0 Å². The molecule has 8 heteroatoms. The summed E-state index contributed by atoms with van der Waals surface area (Å²) >= 11 is 0. The second-order valence-electron chi connectivity index (χ2n) is 10.8. The number of aromatic hydroxyl groups is 1. The average Bonchev–Trinajstić information content (AvgIpc) is 3.58. The monoisotopic (exact) mass is 489 g/mol. The molecule has 2 unspecified atom stereocenters. The van der Waals surface area contributed by atoms with E-state index < -0.39 is 23.8 Å². The SMILES string of the molecule is CCCCCNC(=O)C(c1cccc(C)c1O)N(C(=O)C(NC(=O)OC(C)(C)C)C(C)C)C1CC1. The maximum atomic E-state index is 14.0. The highest BCUT2D eigenvalue weighted by atomic mass is 16.6. The predicted octanol–water partition coefficient (Wildman–Crippen LogP) is 4.59. The molecule has 0 aromatic heterocycles. The fourth-order valence-corrected chi connectivity index (χ4v) is 3.98. The van der Waals surface area contributed by atoms with Crippen LogP contribution in [0.2, 0.25) is 0 Å². The van der Waals surface area contributed by atoms with E-state index in [0.717, 1.165) is 32.1 Å². The maximum Gasteiger partial charge on any atom is 0.408 e. The molecule has 35 heavy (non-hydrogen) atoms. The lowest BCUT2D eigenvalue weighted by atomic mass is 9.97. The summed E-state index contributed by atoms with van der Waals surface area (Å²) < 4.78 is 5.39. The highest BCUT2D eigenvalue weighted by Crippen LogP contribution is 2.39. The lowest BCUT2D eigenvalue weighted by molar-refractivity contribution is -0.144. The zero-order valence-corrected chi connectivity index (χ0v) is 22.3. The average molecular weight is 490 g/mol. The second-order valence-corrected chi connectivity index (χ2v) is 10.8. The summed E-state index contributed by atoms with van der Waals surface area (Å²) in [6.45, 7) is 13.3. The molecule has 0 radical (unpaired) electrons. The molecule has 2 atom stereocenters. The Bertz CT molecular complexity index is 889. The summed E-state index contributed by atoms with van der Waals surface area (Å²) in [6, 6.07) is 3.20. The van der Waals surface area contributed by atoms with Gasteiger partial charge >= 0.3 is 6.09 Å². The molecule has 1 aliphatic rings. The molecular formula is C27H43N3O5. The van der Waals surface area contributed by atoms with Crippen LogP contribution in [0, 0.1) is 12.8 Å². The molecule has 3 N–H and O–H groups in total. The maximum absolute atomic E-state index is 14.0. The molecule has 1 aromatic rings. The van der Waals surface area contributed by atoms with Gasteiger partial charge in [-0.25, -0.2) is 4.79 Å². The molecule has 0 aliphatic heterocycles. The number of amides is 3. The van der Waals surface area contributed by atoms with Gasteiger partial charge in [0.2, 0.25) is 11.8 Å².